The molecule has 1 amide bonds. The number of nitrogens with zero attached hydrogens (tertiary/aromatic N) is 4. The lowest BCUT2D eigenvalue weighted by atomic mass is 9.95. The minimum absolute atomic E-state index is 0.123. The number of nitrogens with one attached hydrogen (secondary N) is 1. The first kappa shape index (κ1) is 14.1. The molecule has 7 nitrogen and oxygen atoms in total. The predicted molar refractivity (Wildman–Crippen MR) is 85.8 cm³/mol. The molecule has 3 aromatic heterocycles. The molecule has 3 aromatic rings. The van der Waals surface area contributed by atoms with Crippen LogP contribution in [0.15, 0.2) is 34.7 Å². The number of piperidine rings is 1. The number of fused-ring (bicyclic) bond motifs is 1. The van der Waals surface area contributed by atoms with Crippen molar-refractivity contribution in [1.82, 2.24) is 24.5 Å². The number of carbonyl (C=O) groups is 1. The molecule has 118 valence electrons. The topological polar surface area (TPSA) is 83.4 Å². The number of H-pyrrole nitrogens is 1. The van der Waals surface area contributed by atoms with Gasteiger partial charge in [0.2, 0.25) is 0 Å². The van der Waals surface area contributed by atoms with Crippen LogP contribution < -0.4 is 5.56 Å². The van der Waals surface area contributed by atoms with Crippen LogP contribution in [0.25, 0.3) is 4.96 Å². The van der Waals surface area contributed by atoms with Crippen LogP contribution in [0.1, 0.15) is 34.9 Å². The molecule has 1 aliphatic heterocycles. The third kappa shape index (κ3) is 2.55. The highest BCUT2D eigenvalue weighted by Gasteiger charge is 2.27. The van der Waals surface area contributed by atoms with Gasteiger partial charge < -0.3 is 4.90 Å². The molecule has 0 bridgehead atoms. The summed E-state index contributed by atoms with van der Waals surface area (Å²) in [7, 11) is 0. The zero-order chi connectivity index (χ0) is 15.8. The Morgan fingerprint density at radius 1 is 1.43 bits per heavy atom. The lowest BCUT2D eigenvalue weighted by Crippen LogP contribution is -2.40. The average molecular weight is 329 g/mol. The number of carbonyl (C=O) groups excluding carboxylic acids is 1. The Morgan fingerprint density at radius 3 is 3.17 bits per heavy atom. The van der Waals surface area contributed by atoms with E-state index in [0.29, 0.717) is 23.7 Å². The second kappa shape index (κ2) is 5.62. The largest absolute Gasteiger partial charge is 0.337 e. The van der Waals surface area contributed by atoms with Gasteiger partial charge in [0.05, 0.1) is 0 Å². The number of thiazole rings is 1. The van der Waals surface area contributed by atoms with Crippen molar-refractivity contribution in [2.24, 2.45) is 0 Å². The molecule has 1 N–H and O–H groups in total. The van der Waals surface area contributed by atoms with Crippen LogP contribution >= 0.6 is 11.3 Å². The van der Waals surface area contributed by atoms with Crippen molar-refractivity contribution in [1.29, 1.82) is 0 Å². The van der Waals surface area contributed by atoms with E-state index < -0.39 is 0 Å². The van der Waals surface area contributed by atoms with Gasteiger partial charge in [0, 0.05) is 48.5 Å². The molecule has 1 fully saturated rings. The highest BCUT2D eigenvalue weighted by molar-refractivity contribution is 7.15. The van der Waals surface area contributed by atoms with Crippen molar-refractivity contribution in [2.45, 2.75) is 18.8 Å². The number of rotatable bonds is 2. The van der Waals surface area contributed by atoms with Gasteiger partial charge in [-0.05, 0) is 18.9 Å². The summed E-state index contributed by atoms with van der Waals surface area (Å²) in [5.74, 6) is 0.133. The summed E-state index contributed by atoms with van der Waals surface area (Å²) in [5, 5.41) is 8.80. The second-order valence-electron chi connectivity index (χ2n) is 5.64. The summed E-state index contributed by atoms with van der Waals surface area (Å²) in [4.78, 5) is 30.9. The minimum atomic E-state index is -0.377. The standard InChI is InChI=1S/C15H15N5O2S/c21-13-8-12(20-6-7-23-15(20)17-13)14(22)19-5-1-2-10(9-19)11-3-4-16-18-11/h3-4,6-8,10H,1-2,5,9H2,(H,16,18). The van der Waals surface area contributed by atoms with Crippen molar-refractivity contribution in [3.05, 3.63) is 51.6 Å². The van der Waals surface area contributed by atoms with Crippen molar-refractivity contribution in [3.63, 3.8) is 0 Å². The Labute approximate surface area is 135 Å². The second-order valence-corrected chi connectivity index (χ2v) is 6.51. The summed E-state index contributed by atoms with van der Waals surface area (Å²) in [6.07, 6.45) is 5.46. The van der Waals surface area contributed by atoms with E-state index in [1.54, 1.807) is 16.8 Å². The minimum Gasteiger partial charge on any atom is -0.337 e. The third-order valence-corrected chi connectivity index (χ3v) is 4.96. The molecule has 0 spiro atoms. The van der Waals surface area contributed by atoms with Crippen molar-refractivity contribution in [2.75, 3.05) is 13.1 Å². The Morgan fingerprint density at radius 2 is 2.35 bits per heavy atom. The van der Waals surface area contributed by atoms with Gasteiger partial charge in [0.1, 0.15) is 5.69 Å². The molecule has 1 saturated heterocycles. The molecule has 4 heterocycles. The van der Waals surface area contributed by atoms with Crippen LogP contribution in [-0.4, -0.2) is 43.5 Å². The number of likely N-dealkylation sites (tertiary alicyclic amines) is 1. The van der Waals surface area contributed by atoms with E-state index >= 15 is 0 Å². The van der Waals surface area contributed by atoms with Gasteiger partial charge in [-0.1, -0.05) is 0 Å². The maximum absolute atomic E-state index is 12.9. The van der Waals surface area contributed by atoms with E-state index in [4.69, 9.17) is 0 Å². The van der Waals surface area contributed by atoms with Gasteiger partial charge in [-0.3, -0.25) is 19.1 Å². The Bertz CT molecular complexity index is 898. The first-order valence-corrected chi connectivity index (χ1v) is 8.36. The Hall–Kier alpha value is -2.48. The monoisotopic (exact) mass is 329 g/mol. The normalized spacial score (nSPS) is 18.4. The van der Waals surface area contributed by atoms with E-state index in [9.17, 15) is 9.59 Å². The maximum atomic E-state index is 12.9. The average Bonchev–Trinajstić information content (AvgIpc) is 3.24. The van der Waals surface area contributed by atoms with Crippen LogP contribution in [0.3, 0.4) is 0 Å². The molecule has 8 heteroatoms. The van der Waals surface area contributed by atoms with Crippen molar-refractivity contribution < 1.29 is 4.79 Å². The van der Waals surface area contributed by atoms with Gasteiger partial charge in [0.15, 0.2) is 4.96 Å². The number of aromatic amines is 1. The number of hydrogen-bond acceptors (Lipinski definition) is 5. The predicted octanol–water partition coefficient (Wildman–Crippen LogP) is 1.50. The molecule has 0 saturated carbocycles. The maximum Gasteiger partial charge on any atom is 0.274 e. The van der Waals surface area contributed by atoms with E-state index in [2.05, 4.69) is 15.2 Å². The van der Waals surface area contributed by atoms with Crippen LogP contribution in [0.2, 0.25) is 0 Å². The first-order valence-electron chi connectivity index (χ1n) is 7.48. The molecule has 0 aromatic carbocycles. The molecule has 0 radical (unpaired) electrons. The number of amides is 1. The van der Waals surface area contributed by atoms with Crippen molar-refractivity contribution in [3.8, 4) is 0 Å². The van der Waals surface area contributed by atoms with E-state index in [0.717, 1.165) is 18.5 Å². The fourth-order valence-electron chi connectivity index (χ4n) is 3.09. The highest BCUT2D eigenvalue weighted by atomic mass is 32.1. The van der Waals surface area contributed by atoms with E-state index in [-0.39, 0.29) is 17.4 Å². The van der Waals surface area contributed by atoms with E-state index in [1.807, 2.05) is 16.3 Å². The first-order chi connectivity index (χ1) is 11.2. The Balaban J connectivity index is 1.65. The molecular weight excluding hydrogens is 314 g/mol. The van der Waals surface area contributed by atoms with Crippen LogP contribution in [0.4, 0.5) is 0 Å². The molecule has 23 heavy (non-hydrogen) atoms. The summed E-state index contributed by atoms with van der Waals surface area (Å²) in [6, 6.07) is 3.27. The highest BCUT2D eigenvalue weighted by Crippen LogP contribution is 2.26. The molecule has 1 aliphatic rings. The third-order valence-electron chi connectivity index (χ3n) is 4.20. The van der Waals surface area contributed by atoms with Gasteiger partial charge >= 0.3 is 0 Å². The van der Waals surface area contributed by atoms with Gasteiger partial charge in [0.25, 0.3) is 11.5 Å². The Kier molecular flexibility index (Phi) is 3.45. The van der Waals surface area contributed by atoms with Crippen LogP contribution in [0.5, 0.6) is 0 Å². The molecule has 1 atom stereocenters. The summed E-state index contributed by atoms with van der Waals surface area (Å²) in [5.41, 5.74) is 1.06. The lowest BCUT2D eigenvalue weighted by Gasteiger charge is -2.32. The van der Waals surface area contributed by atoms with Gasteiger partial charge in [-0.15, -0.1) is 11.3 Å². The van der Waals surface area contributed by atoms with Gasteiger partial charge in [-0.25, -0.2) is 0 Å². The molecule has 4 rings (SSSR count). The summed E-state index contributed by atoms with van der Waals surface area (Å²) >= 11 is 1.35. The summed E-state index contributed by atoms with van der Waals surface area (Å²) < 4.78 is 1.69. The fourth-order valence-corrected chi connectivity index (χ4v) is 3.81. The van der Waals surface area contributed by atoms with Crippen LogP contribution in [-0.2, 0) is 0 Å². The van der Waals surface area contributed by atoms with Crippen molar-refractivity contribution >= 4 is 22.2 Å². The van der Waals surface area contributed by atoms with Crippen LogP contribution in [0, 0.1) is 0 Å². The number of hydrogen-bond donors (Lipinski definition) is 1. The van der Waals surface area contributed by atoms with E-state index in [1.165, 1.54) is 17.4 Å². The summed E-state index contributed by atoms with van der Waals surface area (Å²) in [6.45, 7) is 1.33. The number of aromatic nitrogens is 4. The molecule has 1 unspecified atom stereocenters. The zero-order valence-corrected chi connectivity index (χ0v) is 13.1. The smallest absolute Gasteiger partial charge is 0.274 e. The quantitative estimate of drug-likeness (QED) is 0.772. The van der Waals surface area contributed by atoms with Gasteiger partial charge in [-0.2, -0.15) is 10.1 Å². The zero-order valence-electron chi connectivity index (χ0n) is 12.3. The lowest BCUT2D eigenvalue weighted by molar-refractivity contribution is 0.0698. The SMILES string of the molecule is O=C(c1cc(=O)nc2sccn12)N1CCCC(c2ccn[nH]2)C1. The molecule has 0 aliphatic carbocycles. The fraction of sp³-hybridized carbons (Fsp3) is 0.333. The molecular formula is C15H15N5O2S.